The van der Waals surface area contributed by atoms with Crippen molar-refractivity contribution in [1.29, 1.82) is 0 Å². The molecule has 0 aliphatic carbocycles. The highest BCUT2D eigenvalue weighted by molar-refractivity contribution is 7.79. The predicted molar refractivity (Wildman–Crippen MR) is 56.7 cm³/mol. The Balaban J connectivity index is 2.88. The van der Waals surface area contributed by atoms with Crippen molar-refractivity contribution >= 4 is 23.4 Å². The van der Waals surface area contributed by atoms with Crippen molar-refractivity contribution in [3.63, 3.8) is 0 Å². The van der Waals surface area contributed by atoms with Crippen LogP contribution in [0.1, 0.15) is 13.8 Å². The lowest BCUT2D eigenvalue weighted by Crippen LogP contribution is -2.27. The first-order chi connectivity index (χ1) is 5.75. The van der Waals surface area contributed by atoms with Crippen LogP contribution in [0.2, 0.25) is 0 Å². The Hall–Kier alpha value is -0.890. The van der Waals surface area contributed by atoms with E-state index < -0.39 is 0 Å². The molecule has 0 aliphatic rings. The van der Waals surface area contributed by atoms with Crippen LogP contribution >= 0.6 is 12.2 Å². The van der Waals surface area contributed by atoms with Gasteiger partial charge in [-0.15, -0.1) is 0 Å². The van der Waals surface area contributed by atoms with Crippen LogP contribution in [0.25, 0.3) is 0 Å². The van der Waals surface area contributed by atoms with Crippen molar-refractivity contribution in [2.45, 2.75) is 19.9 Å². The second-order valence-electron chi connectivity index (χ2n) is 2.89. The van der Waals surface area contributed by atoms with Crippen molar-refractivity contribution in [3.8, 4) is 0 Å². The molecule has 0 aliphatic heterocycles. The minimum absolute atomic E-state index is 0.366. The van der Waals surface area contributed by atoms with Crippen LogP contribution in [-0.2, 0) is 0 Å². The minimum Gasteiger partial charge on any atom is -0.328 e. The van der Waals surface area contributed by atoms with Gasteiger partial charge in [0.1, 0.15) is 5.49 Å². The van der Waals surface area contributed by atoms with E-state index in [4.69, 9.17) is 12.2 Å². The number of rotatable bonds is 3. The van der Waals surface area contributed by atoms with Gasteiger partial charge in [-0.2, -0.15) is 0 Å². The third-order valence-electron chi connectivity index (χ3n) is 1.65. The molecular formula is C10H12NS. The fourth-order valence-electron chi connectivity index (χ4n) is 1.04. The van der Waals surface area contributed by atoms with Crippen LogP contribution in [0.5, 0.6) is 0 Å². The zero-order valence-corrected chi connectivity index (χ0v) is 8.14. The van der Waals surface area contributed by atoms with Crippen LogP contribution in [0.4, 0.5) is 5.69 Å². The summed E-state index contributed by atoms with van der Waals surface area (Å²) >= 11 is 4.81. The van der Waals surface area contributed by atoms with E-state index in [9.17, 15) is 0 Å². The van der Waals surface area contributed by atoms with E-state index in [1.54, 1.807) is 0 Å². The van der Waals surface area contributed by atoms with E-state index in [0.29, 0.717) is 6.04 Å². The molecule has 0 N–H and O–H groups in total. The summed E-state index contributed by atoms with van der Waals surface area (Å²) in [6, 6.07) is 10.4. The SMILES string of the molecule is CC(C)N([C]=S)c1ccccc1. The molecule has 0 saturated carbocycles. The molecule has 0 heterocycles. The largest absolute Gasteiger partial charge is 0.328 e. The molecule has 0 bridgehead atoms. The van der Waals surface area contributed by atoms with E-state index in [0.717, 1.165) is 5.69 Å². The fraction of sp³-hybridized carbons (Fsp3) is 0.300. The van der Waals surface area contributed by atoms with Gasteiger partial charge in [0.2, 0.25) is 0 Å². The molecule has 0 aromatic heterocycles. The lowest BCUT2D eigenvalue weighted by molar-refractivity contribution is 0.820. The quantitative estimate of drug-likeness (QED) is 0.517. The van der Waals surface area contributed by atoms with Crippen molar-refractivity contribution in [2.75, 3.05) is 4.90 Å². The van der Waals surface area contributed by atoms with Gasteiger partial charge in [0, 0.05) is 11.7 Å². The van der Waals surface area contributed by atoms with Crippen molar-refractivity contribution in [1.82, 2.24) is 0 Å². The molecule has 63 valence electrons. The molecular weight excluding hydrogens is 166 g/mol. The molecule has 0 saturated heterocycles. The fourth-order valence-corrected chi connectivity index (χ4v) is 1.36. The summed E-state index contributed by atoms with van der Waals surface area (Å²) in [5.74, 6) is 0. The highest BCUT2D eigenvalue weighted by atomic mass is 32.1. The van der Waals surface area contributed by atoms with Crippen LogP contribution in [0.3, 0.4) is 0 Å². The summed E-state index contributed by atoms with van der Waals surface area (Å²) in [7, 11) is 0. The first-order valence-electron chi connectivity index (χ1n) is 3.97. The Morgan fingerprint density at radius 2 is 1.83 bits per heavy atom. The molecule has 0 unspecified atom stereocenters. The van der Waals surface area contributed by atoms with Crippen LogP contribution in [0.15, 0.2) is 30.3 Å². The second-order valence-corrected chi connectivity index (χ2v) is 3.07. The van der Waals surface area contributed by atoms with Gasteiger partial charge in [0.15, 0.2) is 0 Å². The third kappa shape index (κ3) is 2.05. The van der Waals surface area contributed by atoms with Crippen LogP contribution < -0.4 is 4.90 Å². The van der Waals surface area contributed by atoms with Gasteiger partial charge >= 0.3 is 0 Å². The van der Waals surface area contributed by atoms with Crippen LogP contribution in [0, 0.1) is 0 Å². The Labute approximate surface area is 79.0 Å². The highest BCUT2D eigenvalue weighted by Crippen LogP contribution is 2.13. The van der Waals surface area contributed by atoms with Crippen molar-refractivity contribution in [2.24, 2.45) is 0 Å². The smallest absolute Gasteiger partial charge is 0.141 e. The number of anilines is 1. The minimum atomic E-state index is 0.366. The van der Waals surface area contributed by atoms with Gasteiger partial charge in [-0.05, 0) is 26.0 Å². The number of nitrogens with zero attached hydrogens (tertiary/aromatic N) is 1. The summed E-state index contributed by atoms with van der Waals surface area (Å²) in [6.45, 7) is 4.18. The molecule has 0 amide bonds. The second kappa shape index (κ2) is 4.21. The first-order valence-corrected chi connectivity index (χ1v) is 4.38. The number of para-hydroxylation sites is 1. The molecule has 2 heteroatoms. The predicted octanol–water partition coefficient (Wildman–Crippen LogP) is 2.74. The molecule has 0 spiro atoms. The zero-order chi connectivity index (χ0) is 8.97. The number of benzene rings is 1. The highest BCUT2D eigenvalue weighted by Gasteiger charge is 2.06. The van der Waals surface area contributed by atoms with Crippen molar-refractivity contribution < 1.29 is 0 Å². The summed E-state index contributed by atoms with van der Waals surface area (Å²) in [5, 5.41) is 0. The third-order valence-corrected chi connectivity index (χ3v) is 1.85. The van der Waals surface area contributed by atoms with Gasteiger partial charge in [-0.1, -0.05) is 30.4 Å². The molecule has 0 fully saturated rings. The molecule has 1 nitrogen and oxygen atoms in total. The van der Waals surface area contributed by atoms with Gasteiger partial charge < -0.3 is 4.90 Å². The van der Waals surface area contributed by atoms with E-state index >= 15 is 0 Å². The molecule has 1 aromatic rings. The summed E-state index contributed by atoms with van der Waals surface area (Å²) in [6.07, 6.45) is 0. The monoisotopic (exact) mass is 178 g/mol. The van der Waals surface area contributed by atoms with Gasteiger partial charge in [-0.25, -0.2) is 0 Å². The maximum Gasteiger partial charge on any atom is 0.141 e. The average Bonchev–Trinajstić information content (AvgIpc) is 2.07. The zero-order valence-electron chi connectivity index (χ0n) is 7.32. The lowest BCUT2D eigenvalue weighted by Gasteiger charge is -2.22. The lowest BCUT2D eigenvalue weighted by atomic mass is 10.2. The number of hydrogen-bond donors (Lipinski definition) is 0. The normalized spacial score (nSPS) is 9.92. The van der Waals surface area contributed by atoms with E-state index in [-0.39, 0.29) is 0 Å². The van der Waals surface area contributed by atoms with E-state index in [1.165, 1.54) is 0 Å². The van der Waals surface area contributed by atoms with Crippen molar-refractivity contribution in [3.05, 3.63) is 30.3 Å². The Kier molecular flexibility index (Phi) is 3.23. The number of thiocarbonyl (C=S) groups is 1. The van der Waals surface area contributed by atoms with E-state index in [2.05, 4.69) is 19.3 Å². The average molecular weight is 178 g/mol. The topological polar surface area (TPSA) is 3.24 Å². The van der Waals surface area contributed by atoms with Gasteiger partial charge in [0.05, 0.1) is 0 Å². The molecule has 1 aromatic carbocycles. The molecule has 12 heavy (non-hydrogen) atoms. The maximum absolute atomic E-state index is 4.81. The Morgan fingerprint density at radius 3 is 2.25 bits per heavy atom. The Bertz CT molecular complexity index is 243. The van der Waals surface area contributed by atoms with E-state index in [1.807, 2.05) is 35.2 Å². The first kappa shape index (κ1) is 9.20. The summed E-state index contributed by atoms with van der Waals surface area (Å²) in [4.78, 5) is 1.94. The van der Waals surface area contributed by atoms with Crippen LogP contribution in [-0.4, -0.2) is 11.5 Å². The maximum atomic E-state index is 4.81. The molecule has 0 atom stereocenters. The molecule has 1 rings (SSSR count). The standard InChI is InChI=1S/C10H12NS/c1-9(2)11(8-12)10-6-4-3-5-7-10/h3-7,9H,1-2H3. The summed E-state index contributed by atoms with van der Waals surface area (Å²) < 4.78 is 0. The van der Waals surface area contributed by atoms with Gasteiger partial charge in [0.25, 0.3) is 0 Å². The van der Waals surface area contributed by atoms with Gasteiger partial charge in [-0.3, -0.25) is 0 Å². The molecule has 1 radical (unpaired) electrons. The summed E-state index contributed by atoms with van der Waals surface area (Å²) in [5.41, 5.74) is 3.83. The number of hydrogen-bond acceptors (Lipinski definition) is 1. The Morgan fingerprint density at radius 1 is 1.25 bits per heavy atom.